The molecule has 1 N–H and O–H groups in total. The van der Waals surface area contributed by atoms with Gasteiger partial charge in [-0.2, -0.15) is 0 Å². The van der Waals surface area contributed by atoms with Crippen LogP contribution in [0.2, 0.25) is 0 Å². The predicted molar refractivity (Wildman–Crippen MR) is 122 cm³/mol. The van der Waals surface area contributed by atoms with Crippen molar-refractivity contribution >= 4 is 52.2 Å². The summed E-state index contributed by atoms with van der Waals surface area (Å²) in [6, 6.07) is 4.28. The number of hydrogen-bond donors (Lipinski definition) is 1. The van der Waals surface area contributed by atoms with Gasteiger partial charge in [-0.25, -0.2) is 0 Å². The van der Waals surface area contributed by atoms with E-state index in [2.05, 4.69) is 37.6 Å². The highest BCUT2D eigenvalue weighted by atomic mass is 127. The number of carbonyl (C=O) groups excluding carboxylic acids is 1. The number of piperazine rings is 1. The summed E-state index contributed by atoms with van der Waals surface area (Å²) in [4.78, 5) is 21.0. The van der Waals surface area contributed by atoms with E-state index in [9.17, 15) is 4.79 Å². The molecule has 1 saturated carbocycles. The number of thiophene rings is 1. The number of halogens is 1. The molecule has 2 aliphatic rings. The van der Waals surface area contributed by atoms with E-state index < -0.39 is 0 Å². The third-order valence-corrected chi connectivity index (χ3v) is 5.98. The van der Waals surface area contributed by atoms with Crippen LogP contribution in [0.5, 0.6) is 0 Å². The van der Waals surface area contributed by atoms with E-state index in [4.69, 9.17) is 4.74 Å². The monoisotopic (exact) mass is 506 g/mol. The number of esters is 1. The quantitative estimate of drug-likeness (QED) is 0.211. The summed E-state index contributed by atoms with van der Waals surface area (Å²) in [5.41, 5.74) is 0. The Morgan fingerprint density at radius 2 is 2.04 bits per heavy atom. The molecule has 1 aromatic heterocycles. The standard InChI is InChI=1S/C19H30N4O2S.HI/c1-20-19(21-10-4-9-18(24)25-16-6-2-3-7-16)23-13-11-22(12-14-23)17-8-5-15-26-17;/h5,8,15-16H,2-4,6-7,9-14H2,1H3,(H,20,21);1H. The lowest BCUT2D eigenvalue weighted by molar-refractivity contribution is -0.148. The summed E-state index contributed by atoms with van der Waals surface area (Å²) in [5, 5.41) is 6.86. The number of aliphatic imine (C=N–C) groups is 1. The van der Waals surface area contributed by atoms with Crippen molar-refractivity contribution < 1.29 is 9.53 Å². The zero-order chi connectivity index (χ0) is 18.2. The van der Waals surface area contributed by atoms with Gasteiger partial charge in [0.05, 0.1) is 5.00 Å². The largest absolute Gasteiger partial charge is 0.462 e. The van der Waals surface area contributed by atoms with E-state index in [1.54, 1.807) is 11.3 Å². The maximum absolute atomic E-state index is 11.9. The third-order valence-electron chi connectivity index (χ3n) is 5.05. The van der Waals surface area contributed by atoms with E-state index in [1.165, 1.54) is 17.8 Å². The Balaban J connectivity index is 0.00000261. The van der Waals surface area contributed by atoms with Gasteiger partial charge in [0.2, 0.25) is 0 Å². The summed E-state index contributed by atoms with van der Waals surface area (Å²) in [6.45, 7) is 4.68. The van der Waals surface area contributed by atoms with Gasteiger partial charge in [-0.05, 0) is 49.6 Å². The molecule has 0 unspecified atom stereocenters. The van der Waals surface area contributed by atoms with Crippen LogP contribution >= 0.6 is 35.3 Å². The molecule has 6 nitrogen and oxygen atoms in total. The molecule has 1 aliphatic carbocycles. The van der Waals surface area contributed by atoms with Gasteiger partial charge in [-0.1, -0.05) is 0 Å². The van der Waals surface area contributed by atoms with Gasteiger partial charge in [0.25, 0.3) is 0 Å². The molecule has 2 heterocycles. The molecule has 1 aromatic rings. The topological polar surface area (TPSA) is 57.2 Å². The molecule has 2 fully saturated rings. The fourth-order valence-electron chi connectivity index (χ4n) is 3.60. The lowest BCUT2D eigenvalue weighted by Gasteiger charge is -2.37. The Morgan fingerprint density at radius 3 is 2.67 bits per heavy atom. The molecule has 27 heavy (non-hydrogen) atoms. The highest BCUT2D eigenvalue weighted by molar-refractivity contribution is 14.0. The highest BCUT2D eigenvalue weighted by Crippen LogP contribution is 2.22. The van der Waals surface area contributed by atoms with Gasteiger partial charge >= 0.3 is 5.97 Å². The zero-order valence-corrected chi connectivity index (χ0v) is 19.2. The van der Waals surface area contributed by atoms with Crippen LogP contribution in [0.4, 0.5) is 5.00 Å². The van der Waals surface area contributed by atoms with Crippen molar-refractivity contribution in [2.45, 2.75) is 44.6 Å². The second-order valence-electron chi connectivity index (χ2n) is 6.90. The van der Waals surface area contributed by atoms with E-state index in [0.29, 0.717) is 6.42 Å². The fraction of sp³-hybridized carbons (Fsp3) is 0.684. The van der Waals surface area contributed by atoms with Gasteiger partial charge in [-0.15, -0.1) is 35.3 Å². The molecule has 0 aromatic carbocycles. The lowest BCUT2D eigenvalue weighted by Crippen LogP contribution is -2.52. The Kier molecular flexibility index (Phi) is 9.67. The minimum Gasteiger partial charge on any atom is -0.462 e. The maximum Gasteiger partial charge on any atom is 0.306 e. The first kappa shape index (κ1) is 22.3. The van der Waals surface area contributed by atoms with Crippen LogP contribution in [0.15, 0.2) is 22.5 Å². The average Bonchev–Trinajstić information content (AvgIpc) is 3.36. The summed E-state index contributed by atoms with van der Waals surface area (Å²) in [7, 11) is 1.82. The van der Waals surface area contributed by atoms with Crippen LogP contribution in [0.25, 0.3) is 0 Å². The highest BCUT2D eigenvalue weighted by Gasteiger charge is 2.21. The number of ether oxygens (including phenoxy) is 1. The summed E-state index contributed by atoms with van der Waals surface area (Å²) in [5.74, 6) is 0.873. The maximum atomic E-state index is 11.9. The molecule has 0 radical (unpaired) electrons. The molecule has 0 atom stereocenters. The smallest absolute Gasteiger partial charge is 0.306 e. The van der Waals surface area contributed by atoms with Crippen molar-refractivity contribution in [2.75, 3.05) is 44.7 Å². The second kappa shape index (κ2) is 11.7. The number of carbonyl (C=O) groups is 1. The minimum atomic E-state index is -0.0572. The number of nitrogens with zero attached hydrogens (tertiary/aromatic N) is 3. The van der Waals surface area contributed by atoms with Gasteiger partial charge in [0.15, 0.2) is 5.96 Å². The number of anilines is 1. The number of rotatable bonds is 6. The van der Waals surface area contributed by atoms with Crippen LogP contribution in [0.1, 0.15) is 38.5 Å². The van der Waals surface area contributed by atoms with Crippen molar-refractivity contribution in [1.82, 2.24) is 10.2 Å². The third kappa shape index (κ3) is 6.81. The Hall–Kier alpha value is -1.03. The Morgan fingerprint density at radius 1 is 1.30 bits per heavy atom. The summed E-state index contributed by atoms with van der Waals surface area (Å²) >= 11 is 1.79. The molecule has 0 bridgehead atoms. The summed E-state index contributed by atoms with van der Waals surface area (Å²) < 4.78 is 5.50. The average molecular weight is 506 g/mol. The van der Waals surface area contributed by atoms with E-state index >= 15 is 0 Å². The van der Waals surface area contributed by atoms with Crippen molar-refractivity contribution in [1.29, 1.82) is 0 Å². The first-order chi connectivity index (χ1) is 12.8. The number of hydrogen-bond acceptors (Lipinski definition) is 5. The molecular weight excluding hydrogens is 475 g/mol. The molecule has 0 amide bonds. The van der Waals surface area contributed by atoms with Crippen LogP contribution in [-0.2, 0) is 9.53 Å². The molecule has 0 spiro atoms. The van der Waals surface area contributed by atoms with Crippen molar-refractivity contribution in [2.24, 2.45) is 4.99 Å². The van der Waals surface area contributed by atoms with E-state index in [1.807, 2.05) is 7.05 Å². The molecule has 1 aliphatic heterocycles. The first-order valence-electron chi connectivity index (χ1n) is 9.70. The van der Waals surface area contributed by atoms with Gasteiger partial charge in [0.1, 0.15) is 6.10 Å². The number of guanidine groups is 1. The first-order valence-corrected chi connectivity index (χ1v) is 10.6. The van der Waals surface area contributed by atoms with E-state index in [0.717, 1.165) is 57.9 Å². The molecular formula is C19H31IN4O2S. The molecule has 1 saturated heterocycles. The van der Waals surface area contributed by atoms with Crippen molar-refractivity contribution in [3.05, 3.63) is 17.5 Å². The van der Waals surface area contributed by atoms with Crippen LogP contribution in [0.3, 0.4) is 0 Å². The second-order valence-corrected chi connectivity index (χ2v) is 7.83. The lowest BCUT2D eigenvalue weighted by atomic mass is 10.3. The van der Waals surface area contributed by atoms with Gasteiger partial charge in [-0.3, -0.25) is 9.79 Å². The van der Waals surface area contributed by atoms with Crippen molar-refractivity contribution in [3.63, 3.8) is 0 Å². The van der Waals surface area contributed by atoms with Crippen LogP contribution < -0.4 is 10.2 Å². The fourth-order valence-corrected chi connectivity index (χ4v) is 4.39. The van der Waals surface area contributed by atoms with Gasteiger partial charge < -0.3 is 19.9 Å². The Bertz CT molecular complexity index is 583. The molecule has 8 heteroatoms. The van der Waals surface area contributed by atoms with Crippen LogP contribution in [-0.4, -0.2) is 62.7 Å². The van der Waals surface area contributed by atoms with Crippen molar-refractivity contribution in [3.8, 4) is 0 Å². The van der Waals surface area contributed by atoms with E-state index in [-0.39, 0.29) is 36.0 Å². The zero-order valence-electron chi connectivity index (χ0n) is 16.1. The Labute approximate surface area is 183 Å². The predicted octanol–water partition coefficient (Wildman–Crippen LogP) is 3.33. The van der Waals surface area contributed by atoms with Crippen LogP contribution in [0, 0.1) is 0 Å². The SMILES string of the molecule is CN=C(NCCCC(=O)OC1CCCC1)N1CCN(c2cccs2)CC1.I. The summed E-state index contributed by atoms with van der Waals surface area (Å²) in [6.07, 6.45) is 5.88. The minimum absolute atomic E-state index is 0. The van der Waals surface area contributed by atoms with Gasteiger partial charge in [0, 0.05) is 46.2 Å². The molecule has 152 valence electrons. The number of nitrogens with one attached hydrogen (secondary N) is 1. The molecule has 3 rings (SSSR count). The normalized spacial score (nSPS) is 18.3.